The van der Waals surface area contributed by atoms with Gasteiger partial charge >= 0.3 is 6.09 Å². The minimum Gasteiger partial charge on any atom is -0.463 e. The molecule has 1 rings (SSSR count). The second-order valence-corrected chi connectivity index (χ2v) is 4.76. The molecule has 0 aromatic carbocycles. The Hall–Kier alpha value is -0.770. The predicted molar refractivity (Wildman–Crippen MR) is 53.0 cm³/mol. The summed E-state index contributed by atoms with van der Waals surface area (Å²) in [5.41, 5.74) is -0.492. The second kappa shape index (κ2) is 4.17. The molecule has 0 saturated heterocycles. The molecule has 0 heterocycles. The molecule has 1 aliphatic carbocycles. The first kappa shape index (κ1) is 11.3. The highest BCUT2D eigenvalue weighted by atomic mass is 16.7. The van der Waals surface area contributed by atoms with Crippen LogP contribution in [0.3, 0.4) is 0 Å². The quantitative estimate of drug-likeness (QED) is 0.699. The molecule has 0 aromatic heterocycles. The average Bonchev–Trinajstić information content (AvgIpc) is 2.48. The van der Waals surface area contributed by atoms with E-state index < -0.39 is 11.6 Å². The second-order valence-electron chi connectivity index (χ2n) is 4.76. The van der Waals surface area contributed by atoms with Crippen molar-refractivity contribution in [1.29, 1.82) is 0 Å². The molecule has 82 valence electrons. The molecule has 1 saturated carbocycles. The summed E-state index contributed by atoms with van der Waals surface area (Å²) in [6.07, 6.45) is 3.30. The third kappa shape index (κ3) is 2.87. The van der Waals surface area contributed by atoms with Crippen molar-refractivity contribution in [3.8, 4) is 0 Å². The van der Waals surface area contributed by atoms with Crippen LogP contribution in [0.5, 0.6) is 0 Å². The fourth-order valence-corrected chi connectivity index (χ4v) is 1.63. The van der Waals surface area contributed by atoms with E-state index >= 15 is 0 Å². The largest absolute Gasteiger partial charge is 0.463 e. The minimum absolute atomic E-state index is 0.0883. The molecule has 1 fully saturated rings. The van der Waals surface area contributed by atoms with Gasteiger partial charge in [-0.2, -0.15) is 5.06 Å². The van der Waals surface area contributed by atoms with Crippen LogP contribution in [-0.4, -0.2) is 27.9 Å². The molecule has 0 unspecified atom stereocenters. The molecule has 0 aliphatic heterocycles. The van der Waals surface area contributed by atoms with Crippen LogP contribution in [0, 0.1) is 0 Å². The summed E-state index contributed by atoms with van der Waals surface area (Å²) in [6, 6.07) is 0. The van der Waals surface area contributed by atoms with Gasteiger partial charge in [0.1, 0.15) is 0 Å². The topological polar surface area (TPSA) is 49.8 Å². The zero-order chi connectivity index (χ0) is 10.8. The fourth-order valence-electron chi connectivity index (χ4n) is 1.63. The van der Waals surface area contributed by atoms with Crippen LogP contribution in [0.25, 0.3) is 0 Å². The van der Waals surface area contributed by atoms with Crippen LogP contribution < -0.4 is 0 Å². The van der Waals surface area contributed by atoms with Crippen LogP contribution in [0.1, 0.15) is 46.5 Å². The summed E-state index contributed by atoms with van der Waals surface area (Å²) in [4.78, 5) is 16.4. The smallest absolute Gasteiger partial charge is 0.431 e. The van der Waals surface area contributed by atoms with Crippen molar-refractivity contribution in [1.82, 2.24) is 5.06 Å². The first-order chi connectivity index (χ1) is 6.41. The van der Waals surface area contributed by atoms with E-state index in [1.165, 1.54) is 0 Å². The zero-order valence-electron chi connectivity index (χ0n) is 9.12. The molecule has 0 bridgehead atoms. The van der Waals surface area contributed by atoms with E-state index in [-0.39, 0.29) is 6.10 Å². The molecule has 4 nitrogen and oxygen atoms in total. The summed E-state index contributed by atoms with van der Waals surface area (Å²) in [5, 5.41) is 10.0. The van der Waals surface area contributed by atoms with E-state index in [9.17, 15) is 4.79 Å². The summed E-state index contributed by atoms with van der Waals surface area (Å²) in [7, 11) is 0. The van der Waals surface area contributed by atoms with Gasteiger partial charge in [0, 0.05) is 0 Å². The lowest BCUT2D eigenvalue weighted by Crippen LogP contribution is -2.46. The van der Waals surface area contributed by atoms with E-state index in [1.54, 1.807) is 0 Å². The Morgan fingerprint density at radius 1 is 1.36 bits per heavy atom. The Balaban J connectivity index is 2.55. The van der Waals surface area contributed by atoms with E-state index in [4.69, 9.17) is 9.94 Å². The van der Waals surface area contributed by atoms with Crippen LogP contribution in [0.15, 0.2) is 0 Å². The van der Waals surface area contributed by atoms with Crippen molar-refractivity contribution >= 4 is 6.09 Å². The van der Waals surface area contributed by atoms with Gasteiger partial charge in [0.25, 0.3) is 0 Å². The number of nitrogens with zero attached hydrogens (tertiary/aromatic N) is 1. The Labute approximate surface area is 84.8 Å². The minimum atomic E-state index is -1.01. The molecule has 1 aliphatic rings. The number of amides is 1. The predicted octanol–water partition coefficient (Wildman–Crippen LogP) is 2.64. The third-order valence-corrected chi connectivity index (χ3v) is 2.34. The lowest BCUT2D eigenvalue weighted by Gasteiger charge is -2.33. The lowest BCUT2D eigenvalue weighted by atomic mass is 10.1. The van der Waals surface area contributed by atoms with Crippen molar-refractivity contribution in [2.75, 3.05) is 0 Å². The van der Waals surface area contributed by atoms with Gasteiger partial charge in [-0.05, 0) is 33.6 Å². The van der Waals surface area contributed by atoms with Crippen molar-refractivity contribution < 1.29 is 14.7 Å². The van der Waals surface area contributed by atoms with Crippen molar-refractivity contribution in [2.45, 2.75) is 58.1 Å². The molecule has 14 heavy (non-hydrogen) atoms. The molecule has 0 spiro atoms. The Kier molecular flexibility index (Phi) is 3.37. The van der Waals surface area contributed by atoms with Gasteiger partial charge in [0.05, 0.1) is 11.6 Å². The van der Waals surface area contributed by atoms with Gasteiger partial charge in [-0.3, -0.25) is 4.84 Å². The molecule has 4 heteroatoms. The van der Waals surface area contributed by atoms with E-state index in [1.807, 2.05) is 20.8 Å². The monoisotopic (exact) mass is 201 g/mol. The van der Waals surface area contributed by atoms with Gasteiger partial charge in [-0.25, -0.2) is 4.79 Å². The van der Waals surface area contributed by atoms with Gasteiger partial charge in [0.2, 0.25) is 0 Å². The number of rotatable bonds is 2. The van der Waals surface area contributed by atoms with Gasteiger partial charge in [0.15, 0.2) is 0 Å². The lowest BCUT2D eigenvalue weighted by molar-refractivity contribution is -0.210. The molecule has 1 amide bonds. The van der Waals surface area contributed by atoms with Crippen LogP contribution in [-0.2, 0) is 4.84 Å². The maximum Gasteiger partial charge on any atom is 0.431 e. The maximum absolute atomic E-state index is 10.9. The summed E-state index contributed by atoms with van der Waals surface area (Å²) < 4.78 is 0. The van der Waals surface area contributed by atoms with Crippen LogP contribution in [0.2, 0.25) is 0 Å². The summed E-state index contributed by atoms with van der Waals surface area (Å²) in [6.45, 7) is 5.49. The van der Waals surface area contributed by atoms with Gasteiger partial charge < -0.3 is 5.11 Å². The first-order valence-electron chi connectivity index (χ1n) is 5.11. The number of hydroxylamine groups is 2. The van der Waals surface area contributed by atoms with Gasteiger partial charge in [-0.1, -0.05) is 12.8 Å². The highest BCUT2D eigenvalue weighted by Gasteiger charge is 2.31. The highest BCUT2D eigenvalue weighted by Crippen LogP contribution is 2.25. The van der Waals surface area contributed by atoms with Crippen molar-refractivity contribution in [3.05, 3.63) is 0 Å². The summed E-state index contributed by atoms with van der Waals surface area (Å²) in [5.74, 6) is 0. The van der Waals surface area contributed by atoms with E-state index in [0.717, 1.165) is 30.7 Å². The third-order valence-electron chi connectivity index (χ3n) is 2.34. The number of hydrogen-bond donors (Lipinski definition) is 1. The van der Waals surface area contributed by atoms with E-state index in [2.05, 4.69) is 0 Å². The first-order valence-corrected chi connectivity index (χ1v) is 5.11. The molecule has 1 N–H and O–H groups in total. The van der Waals surface area contributed by atoms with Crippen molar-refractivity contribution in [2.24, 2.45) is 0 Å². The average molecular weight is 201 g/mol. The van der Waals surface area contributed by atoms with Crippen LogP contribution >= 0.6 is 0 Å². The summed E-state index contributed by atoms with van der Waals surface area (Å²) >= 11 is 0. The number of carbonyl (C=O) groups is 1. The molecular weight excluding hydrogens is 182 g/mol. The van der Waals surface area contributed by atoms with Crippen LogP contribution in [0.4, 0.5) is 4.79 Å². The molecule has 0 atom stereocenters. The highest BCUT2D eigenvalue weighted by molar-refractivity contribution is 5.64. The normalized spacial score (nSPS) is 18.5. The molecule has 0 radical (unpaired) electrons. The fraction of sp³-hybridized carbons (Fsp3) is 0.900. The van der Waals surface area contributed by atoms with Crippen molar-refractivity contribution in [3.63, 3.8) is 0 Å². The zero-order valence-corrected chi connectivity index (χ0v) is 9.12. The molecule has 0 aromatic rings. The maximum atomic E-state index is 10.9. The van der Waals surface area contributed by atoms with Gasteiger partial charge in [-0.15, -0.1) is 0 Å². The number of hydrogen-bond acceptors (Lipinski definition) is 2. The Morgan fingerprint density at radius 2 is 1.86 bits per heavy atom. The molecular formula is C10H19NO3. The Bertz CT molecular complexity index is 204. The SMILES string of the molecule is CC(C)(C)N(OC1CCCC1)C(=O)O. The Morgan fingerprint density at radius 3 is 2.21 bits per heavy atom. The standard InChI is InChI=1S/C10H19NO3/c1-10(2,3)11(9(12)13)14-8-6-4-5-7-8/h8H,4-7H2,1-3H3,(H,12,13). The van der Waals surface area contributed by atoms with E-state index in [0.29, 0.717) is 0 Å². The number of carboxylic acid groups (broad SMARTS) is 1.